The maximum atomic E-state index is 13.1. The van der Waals surface area contributed by atoms with Gasteiger partial charge in [0.2, 0.25) is 5.88 Å². The molecule has 0 aromatic carbocycles. The molecule has 1 aliphatic heterocycles. The van der Waals surface area contributed by atoms with Crippen LogP contribution in [0.1, 0.15) is 43.4 Å². The topological polar surface area (TPSA) is 119 Å². The predicted octanol–water partition coefficient (Wildman–Crippen LogP) is 3.01. The highest BCUT2D eigenvalue weighted by molar-refractivity contribution is 5.89. The third-order valence-electron chi connectivity index (χ3n) is 6.81. The predicted molar refractivity (Wildman–Crippen MR) is 131 cm³/mol. The van der Waals surface area contributed by atoms with Gasteiger partial charge < -0.3 is 30.2 Å². The highest BCUT2D eigenvalue weighted by Gasteiger charge is 2.33. The molecule has 0 atom stereocenters. The summed E-state index contributed by atoms with van der Waals surface area (Å²) in [5, 5.41) is 2.34. The van der Waals surface area contributed by atoms with Crippen molar-refractivity contribution in [1.29, 1.82) is 0 Å². The molecule has 200 valence electrons. The summed E-state index contributed by atoms with van der Waals surface area (Å²) in [4.78, 5) is 37.3. The summed E-state index contributed by atoms with van der Waals surface area (Å²) in [6.45, 7) is 1.14. The lowest BCUT2D eigenvalue weighted by Crippen LogP contribution is -2.47. The first-order valence-corrected chi connectivity index (χ1v) is 12.0. The Kier molecular flexibility index (Phi) is 7.60. The van der Waals surface area contributed by atoms with Crippen molar-refractivity contribution in [2.24, 2.45) is 12.8 Å². The van der Waals surface area contributed by atoms with E-state index in [2.05, 4.69) is 15.3 Å². The van der Waals surface area contributed by atoms with Crippen molar-refractivity contribution >= 4 is 17.4 Å². The second-order valence-corrected chi connectivity index (χ2v) is 9.28. The Morgan fingerprint density at radius 3 is 2.46 bits per heavy atom. The number of alkyl halides is 3. The molecule has 2 aromatic rings. The molecule has 0 unspecified atom stereocenters. The number of urea groups is 1. The monoisotopic (exact) mass is 521 g/mol. The lowest BCUT2D eigenvalue weighted by Gasteiger charge is -2.38. The number of anilines is 1. The van der Waals surface area contributed by atoms with Gasteiger partial charge in [0, 0.05) is 45.6 Å². The summed E-state index contributed by atoms with van der Waals surface area (Å²) in [6.07, 6.45) is 5.29. The van der Waals surface area contributed by atoms with Crippen LogP contribution in [0.5, 0.6) is 5.88 Å². The number of pyridine rings is 1. The Morgan fingerprint density at radius 1 is 1.22 bits per heavy atom. The number of aryl methyl sites for hydroxylation is 1. The molecule has 1 saturated carbocycles. The van der Waals surface area contributed by atoms with Crippen LogP contribution in [0.3, 0.4) is 0 Å². The number of nitrogens with zero attached hydrogens (tertiary/aromatic N) is 5. The van der Waals surface area contributed by atoms with Crippen LogP contribution in [0, 0.1) is 0 Å². The molecule has 3 heterocycles. The molecule has 1 aliphatic carbocycles. The van der Waals surface area contributed by atoms with E-state index < -0.39 is 29.0 Å². The lowest BCUT2D eigenvalue weighted by atomic mass is 9.96. The van der Waals surface area contributed by atoms with Gasteiger partial charge in [0.25, 0.3) is 5.56 Å². The Balaban J connectivity index is 1.35. The molecule has 2 amide bonds. The fourth-order valence-corrected chi connectivity index (χ4v) is 4.34. The van der Waals surface area contributed by atoms with E-state index in [-0.39, 0.29) is 12.1 Å². The Hall–Kier alpha value is -3.77. The first-order chi connectivity index (χ1) is 17.6. The molecule has 3 N–H and O–H groups in total. The molecular formula is C24H30F3N7O3. The number of rotatable bonds is 6. The fourth-order valence-electron chi connectivity index (χ4n) is 4.34. The van der Waals surface area contributed by atoms with Gasteiger partial charge in [-0.2, -0.15) is 13.2 Å². The van der Waals surface area contributed by atoms with Gasteiger partial charge in [-0.05, 0) is 38.2 Å². The zero-order valence-electron chi connectivity index (χ0n) is 20.7. The highest BCUT2D eigenvalue weighted by Crippen LogP contribution is 2.30. The van der Waals surface area contributed by atoms with Crippen molar-refractivity contribution in [3.05, 3.63) is 52.5 Å². The number of likely N-dealkylation sites (tertiary alicyclic amines) is 1. The number of aromatic nitrogens is 3. The van der Waals surface area contributed by atoms with Crippen molar-refractivity contribution in [3.8, 4) is 5.88 Å². The normalized spacial score (nSPS) is 17.3. The minimum absolute atomic E-state index is 0.186. The standard InChI is InChI=1S/C24H30F3N7O3/c1-32-14-15(24(25,26)27)10-18(22(32)35)31-23(36)33(2)16-6-8-34(9-7-16)20(11-28)19-12-30-21(13-29-19)37-17-4-3-5-17/h10-14,16-17H,3-9,28H2,1-2H3,(H,31,36)/b20-11+. The molecule has 13 heteroatoms. The van der Waals surface area contributed by atoms with Gasteiger partial charge in [0.1, 0.15) is 17.5 Å². The molecule has 4 rings (SSSR count). The Labute approximate surface area is 211 Å². The molecule has 2 aliphatic rings. The minimum atomic E-state index is -4.65. The molecule has 2 fully saturated rings. The van der Waals surface area contributed by atoms with Crippen LogP contribution >= 0.6 is 0 Å². The van der Waals surface area contributed by atoms with E-state index in [0.717, 1.165) is 23.8 Å². The molecule has 1 saturated heterocycles. The molecule has 0 bridgehead atoms. The van der Waals surface area contributed by atoms with Gasteiger partial charge in [0.05, 0.1) is 23.7 Å². The Morgan fingerprint density at radius 2 is 1.92 bits per heavy atom. The van der Waals surface area contributed by atoms with Crippen molar-refractivity contribution in [1.82, 2.24) is 24.3 Å². The second kappa shape index (κ2) is 10.7. The van der Waals surface area contributed by atoms with Gasteiger partial charge in [-0.3, -0.25) is 4.79 Å². The second-order valence-electron chi connectivity index (χ2n) is 9.28. The number of halogens is 3. The van der Waals surface area contributed by atoms with Crippen LogP contribution in [0.2, 0.25) is 0 Å². The van der Waals surface area contributed by atoms with Crippen LogP contribution in [-0.4, -0.2) is 62.6 Å². The fraction of sp³-hybridized carbons (Fsp3) is 0.500. The van der Waals surface area contributed by atoms with E-state index in [0.29, 0.717) is 55.5 Å². The summed E-state index contributed by atoms with van der Waals surface area (Å²) < 4.78 is 46.0. The Bertz CT molecular complexity index is 1200. The number of ether oxygens (including phenoxy) is 1. The number of hydrogen-bond donors (Lipinski definition) is 2. The maximum Gasteiger partial charge on any atom is 0.417 e. The smallest absolute Gasteiger partial charge is 0.417 e. The first-order valence-electron chi connectivity index (χ1n) is 12.0. The van der Waals surface area contributed by atoms with E-state index in [1.165, 1.54) is 18.1 Å². The minimum Gasteiger partial charge on any atom is -0.473 e. The van der Waals surface area contributed by atoms with Crippen LogP contribution in [0.25, 0.3) is 5.70 Å². The van der Waals surface area contributed by atoms with Crippen LogP contribution < -0.4 is 21.3 Å². The van der Waals surface area contributed by atoms with Gasteiger partial charge in [0.15, 0.2) is 0 Å². The SMILES string of the molecule is CN(C(=O)Nc1cc(C(F)(F)F)cn(C)c1=O)C1CCN(/C(=C/N)c2cnc(OC3CCC3)cn2)CC1. The zero-order chi connectivity index (χ0) is 26.7. The molecule has 0 spiro atoms. The molecule has 2 aromatic heterocycles. The van der Waals surface area contributed by atoms with Crippen molar-refractivity contribution in [3.63, 3.8) is 0 Å². The molecule has 37 heavy (non-hydrogen) atoms. The molecular weight excluding hydrogens is 491 g/mol. The summed E-state index contributed by atoms with van der Waals surface area (Å²) in [5.74, 6) is 0.478. The third kappa shape index (κ3) is 5.97. The number of carbonyl (C=O) groups is 1. The maximum absolute atomic E-state index is 13.1. The van der Waals surface area contributed by atoms with Gasteiger partial charge in [-0.15, -0.1) is 0 Å². The lowest BCUT2D eigenvalue weighted by molar-refractivity contribution is -0.138. The van der Waals surface area contributed by atoms with Gasteiger partial charge in [-0.25, -0.2) is 14.8 Å². The number of amides is 2. The van der Waals surface area contributed by atoms with E-state index in [4.69, 9.17) is 10.5 Å². The van der Waals surface area contributed by atoms with E-state index >= 15 is 0 Å². The van der Waals surface area contributed by atoms with Gasteiger partial charge in [-0.1, -0.05) is 0 Å². The van der Waals surface area contributed by atoms with Gasteiger partial charge >= 0.3 is 12.2 Å². The van der Waals surface area contributed by atoms with E-state index in [1.54, 1.807) is 19.4 Å². The van der Waals surface area contributed by atoms with E-state index in [9.17, 15) is 22.8 Å². The third-order valence-corrected chi connectivity index (χ3v) is 6.81. The summed E-state index contributed by atoms with van der Waals surface area (Å²) >= 11 is 0. The summed E-state index contributed by atoms with van der Waals surface area (Å²) in [5.41, 5.74) is 5.03. The highest BCUT2D eigenvalue weighted by atomic mass is 19.4. The number of carbonyl (C=O) groups excluding carboxylic acids is 1. The largest absolute Gasteiger partial charge is 0.473 e. The number of nitrogens with two attached hydrogens (primary N) is 1. The number of nitrogens with one attached hydrogen (secondary N) is 1. The van der Waals surface area contributed by atoms with E-state index in [1.807, 2.05) is 4.90 Å². The number of hydrogen-bond acceptors (Lipinski definition) is 7. The van der Waals surface area contributed by atoms with Crippen LogP contribution in [0.15, 0.2) is 35.7 Å². The quantitative estimate of drug-likeness (QED) is 0.600. The van der Waals surface area contributed by atoms with Crippen molar-refractivity contribution < 1.29 is 22.7 Å². The first kappa shape index (κ1) is 26.3. The van der Waals surface area contributed by atoms with Crippen molar-refractivity contribution in [2.45, 2.75) is 50.4 Å². The molecule has 0 radical (unpaired) electrons. The van der Waals surface area contributed by atoms with Crippen molar-refractivity contribution in [2.75, 3.05) is 25.5 Å². The zero-order valence-corrected chi connectivity index (χ0v) is 20.7. The summed E-state index contributed by atoms with van der Waals surface area (Å²) in [6, 6.07) is -0.190. The average molecular weight is 522 g/mol. The summed E-state index contributed by atoms with van der Waals surface area (Å²) in [7, 11) is 2.76. The number of piperidine rings is 1. The van der Waals surface area contributed by atoms with Crippen LogP contribution in [0.4, 0.5) is 23.7 Å². The van der Waals surface area contributed by atoms with Crippen LogP contribution in [-0.2, 0) is 13.2 Å². The average Bonchev–Trinajstić information content (AvgIpc) is 2.84. The molecule has 10 nitrogen and oxygen atoms in total.